The monoisotopic (exact) mass is 483 g/mol. The number of thiophene rings is 1. The second kappa shape index (κ2) is 8.81. The Morgan fingerprint density at radius 2 is 1.73 bits per heavy atom. The standard InChI is InChI=1S/C22H18BrN3O3S/c23-15-7-9-16(10-8-15)24-20(27)14-26-19-6-2-1-5-18(19)21(28)25(22(26)29)12-11-17-4-3-13-30-17/h1-10,13H,11-12,14H2,(H,24,27). The molecule has 4 rings (SSSR count). The van der Waals surface area contributed by atoms with Crippen LogP contribution in [0.4, 0.5) is 5.69 Å². The lowest BCUT2D eigenvalue weighted by atomic mass is 10.2. The SMILES string of the molecule is O=C(Cn1c(=O)n(CCc2cccs2)c(=O)c2ccccc21)Nc1ccc(Br)cc1. The molecule has 0 atom stereocenters. The molecule has 0 aliphatic rings. The molecule has 152 valence electrons. The summed E-state index contributed by atoms with van der Waals surface area (Å²) in [5.41, 5.74) is 0.260. The Kier molecular flexibility index (Phi) is 5.96. The molecule has 0 aliphatic heterocycles. The minimum atomic E-state index is -0.485. The molecule has 4 aromatic rings. The van der Waals surface area contributed by atoms with Gasteiger partial charge in [0.25, 0.3) is 5.56 Å². The number of nitrogens with zero attached hydrogens (tertiary/aromatic N) is 2. The van der Waals surface area contributed by atoms with Gasteiger partial charge >= 0.3 is 5.69 Å². The van der Waals surface area contributed by atoms with Gasteiger partial charge in [-0.3, -0.25) is 18.7 Å². The molecule has 0 bridgehead atoms. The van der Waals surface area contributed by atoms with E-state index in [-0.39, 0.29) is 24.6 Å². The van der Waals surface area contributed by atoms with E-state index in [2.05, 4.69) is 21.2 Å². The Morgan fingerprint density at radius 3 is 2.47 bits per heavy atom. The van der Waals surface area contributed by atoms with E-state index in [4.69, 9.17) is 0 Å². The summed E-state index contributed by atoms with van der Waals surface area (Å²) >= 11 is 4.94. The van der Waals surface area contributed by atoms with E-state index >= 15 is 0 Å². The highest BCUT2D eigenvalue weighted by Gasteiger charge is 2.15. The lowest BCUT2D eigenvalue weighted by Gasteiger charge is -2.14. The number of fused-ring (bicyclic) bond motifs is 1. The van der Waals surface area contributed by atoms with Gasteiger partial charge in [0, 0.05) is 21.6 Å². The largest absolute Gasteiger partial charge is 0.331 e. The number of amides is 1. The number of para-hydroxylation sites is 1. The summed E-state index contributed by atoms with van der Waals surface area (Å²) < 4.78 is 3.48. The molecule has 1 amide bonds. The zero-order valence-electron chi connectivity index (χ0n) is 15.9. The van der Waals surface area contributed by atoms with Crippen molar-refractivity contribution in [3.8, 4) is 0 Å². The van der Waals surface area contributed by atoms with Crippen molar-refractivity contribution in [2.75, 3.05) is 5.32 Å². The number of anilines is 1. The highest BCUT2D eigenvalue weighted by Crippen LogP contribution is 2.15. The highest BCUT2D eigenvalue weighted by molar-refractivity contribution is 9.10. The van der Waals surface area contributed by atoms with Crippen molar-refractivity contribution in [2.45, 2.75) is 19.5 Å². The maximum Gasteiger partial charge on any atom is 0.331 e. The van der Waals surface area contributed by atoms with Crippen molar-refractivity contribution in [3.63, 3.8) is 0 Å². The van der Waals surface area contributed by atoms with Gasteiger partial charge in [-0.25, -0.2) is 4.79 Å². The second-order valence-corrected chi connectivity index (χ2v) is 8.68. The van der Waals surface area contributed by atoms with Crippen molar-refractivity contribution < 1.29 is 4.79 Å². The molecule has 1 N–H and O–H groups in total. The minimum Gasteiger partial charge on any atom is -0.325 e. The van der Waals surface area contributed by atoms with Crippen LogP contribution in [0.15, 0.2) is 80.1 Å². The van der Waals surface area contributed by atoms with Gasteiger partial charge in [0.05, 0.1) is 10.9 Å². The van der Waals surface area contributed by atoms with E-state index in [1.807, 2.05) is 29.6 Å². The van der Waals surface area contributed by atoms with E-state index < -0.39 is 5.69 Å². The van der Waals surface area contributed by atoms with Crippen LogP contribution in [0.3, 0.4) is 0 Å². The smallest absolute Gasteiger partial charge is 0.325 e. The first kappa shape index (κ1) is 20.3. The van der Waals surface area contributed by atoms with Crippen LogP contribution in [0, 0.1) is 0 Å². The van der Waals surface area contributed by atoms with Crippen molar-refractivity contribution in [3.05, 3.63) is 96.2 Å². The molecule has 6 nitrogen and oxygen atoms in total. The van der Waals surface area contributed by atoms with Crippen LogP contribution in [-0.2, 0) is 24.3 Å². The van der Waals surface area contributed by atoms with Crippen molar-refractivity contribution in [2.24, 2.45) is 0 Å². The van der Waals surface area contributed by atoms with Gasteiger partial charge in [0.2, 0.25) is 5.91 Å². The molecule has 0 radical (unpaired) electrons. The average Bonchev–Trinajstić information content (AvgIpc) is 3.26. The van der Waals surface area contributed by atoms with Gasteiger partial charge in [0.15, 0.2) is 0 Å². The van der Waals surface area contributed by atoms with E-state index in [0.717, 1.165) is 9.35 Å². The first-order valence-electron chi connectivity index (χ1n) is 9.33. The highest BCUT2D eigenvalue weighted by atomic mass is 79.9. The number of carbonyl (C=O) groups excluding carboxylic acids is 1. The third-order valence-corrected chi connectivity index (χ3v) is 6.19. The number of rotatable bonds is 6. The predicted octanol–water partition coefficient (Wildman–Crippen LogP) is 3.87. The van der Waals surface area contributed by atoms with Crippen LogP contribution in [-0.4, -0.2) is 15.0 Å². The summed E-state index contributed by atoms with van der Waals surface area (Å²) in [6.45, 7) is 0.0754. The molecular weight excluding hydrogens is 466 g/mol. The van der Waals surface area contributed by atoms with Crippen molar-refractivity contribution in [1.29, 1.82) is 0 Å². The number of nitrogens with one attached hydrogen (secondary N) is 1. The molecule has 0 spiro atoms. The Labute approximate surface area is 184 Å². The summed E-state index contributed by atoms with van der Waals surface area (Å²) in [6, 6.07) is 18.0. The molecule has 2 aromatic carbocycles. The predicted molar refractivity (Wildman–Crippen MR) is 123 cm³/mol. The fourth-order valence-electron chi connectivity index (χ4n) is 3.28. The zero-order valence-corrected chi connectivity index (χ0v) is 18.3. The van der Waals surface area contributed by atoms with Crippen molar-refractivity contribution in [1.82, 2.24) is 9.13 Å². The van der Waals surface area contributed by atoms with Crippen LogP contribution >= 0.6 is 27.3 Å². The molecule has 0 unspecified atom stereocenters. The molecular formula is C22H18BrN3O3S. The summed E-state index contributed by atoms with van der Waals surface area (Å²) in [5.74, 6) is -0.340. The Bertz CT molecular complexity index is 1310. The fourth-order valence-corrected chi connectivity index (χ4v) is 4.24. The van der Waals surface area contributed by atoms with Gasteiger partial charge < -0.3 is 5.32 Å². The quantitative estimate of drug-likeness (QED) is 0.452. The number of hydrogen-bond donors (Lipinski definition) is 1. The van der Waals surface area contributed by atoms with Crippen LogP contribution in [0.25, 0.3) is 10.9 Å². The summed E-state index contributed by atoms with van der Waals surface area (Å²) in [5, 5.41) is 5.17. The Balaban J connectivity index is 1.69. The number of carbonyl (C=O) groups is 1. The minimum absolute atomic E-state index is 0.186. The molecule has 2 heterocycles. The normalized spacial score (nSPS) is 11.0. The van der Waals surface area contributed by atoms with E-state index in [9.17, 15) is 14.4 Å². The number of halogens is 1. The molecule has 8 heteroatoms. The lowest BCUT2D eigenvalue weighted by molar-refractivity contribution is -0.116. The summed E-state index contributed by atoms with van der Waals surface area (Å²) in [4.78, 5) is 39.8. The topological polar surface area (TPSA) is 73.1 Å². The third kappa shape index (κ3) is 4.29. The van der Waals surface area contributed by atoms with E-state index in [0.29, 0.717) is 23.0 Å². The van der Waals surface area contributed by atoms with Gasteiger partial charge in [0.1, 0.15) is 6.54 Å². The van der Waals surface area contributed by atoms with Crippen LogP contribution in [0.2, 0.25) is 0 Å². The number of hydrogen-bond acceptors (Lipinski definition) is 4. The Hall–Kier alpha value is -2.97. The third-order valence-electron chi connectivity index (χ3n) is 4.72. The Morgan fingerprint density at radius 1 is 0.967 bits per heavy atom. The summed E-state index contributed by atoms with van der Waals surface area (Å²) in [6.07, 6.45) is 0.580. The molecule has 0 aliphatic carbocycles. The first-order chi connectivity index (χ1) is 14.5. The first-order valence-corrected chi connectivity index (χ1v) is 11.0. The maximum absolute atomic E-state index is 13.1. The van der Waals surface area contributed by atoms with Crippen LogP contribution in [0.5, 0.6) is 0 Å². The zero-order chi connectivity index (χ0) is 21.1. The number of aromatic nitrogens is 2. The van der Waals surface area contributed by atoms with Gasteiger partial charge in [-0.15, -0.1) is 11.3 Å². The van der Waals surface area contributed by atoms with E-state index in [1.165, 1.54) is 9.13 Å². The summed E-state index contributed by atoms with van der Waals surface area (Å²) in [7, 11) is 0. The number of benzene rings is 2. The number of aryl methyl sites for hydroxylation is 1. The molecule has 0 saturated heterocycles. The average molecular weight is 484 g/mol. The fraction of sp³-hybridized carbons (Fsp3) is 0.136. The van der Waals surface area contributed by atoms with Crippen molar-refractivity contribution >= 4 is 49.8 Å². The van der Waals surface area contributed by atoms with E-state index in [1.54, 1.807) is 47.7 Å². The van der Waals surface area contributed by atoms with Gasteiger partial charge in [-0.1, -0.05) is 34.1 Å². The second-order valence-electron chi connectivity index (χ2n) is 6.73. The van der Waals surface area contributed by atoms with Crippen LogP contribution < -0.4 is 16.6 Å². The van der Waals surface area contributed by atoms with Gasteiger partial charge in [-0.2, -0.15) is 0 Å². The molecule has 0 fully saturated rings. The molecule has 30 heavy (non-hydrogen) atoms. The maximum atomic E-state index is 13.1. The molecule has 2 aromatic heterocycles. The van der Waals surface area contributed by atoms with Gasteiger partial charge in [-0.05, 0) is 54.3 Å². The lowest BCUT2D eigenvalue weighted by Crippen LogP contribution is -2.42. The van der Waals surface area contributed by atoms with Crippen LogP contribution in [0.1, 0.15) is 4.88 Å². The molecule has 0 saturated carbocycles.